The average molecular weight is 408 g/mol. The number of esters is 1. The fourth-order valence-electron chi connectivity index (χ4n) is 3.34. The summed E-state index contributed by atoms with van der Waals surface area (Å²) in [5, 5.41) is 0.683. The van der Waals surface area contributed by atoms with Crippen LogP contribution in [0.2, 0.25) is 5.02 Å². The molecule has 0 aliphatic carbocycles. The molecule has 0 fully saturated rings. The third-order valence-electron chi connectivity index (χ3n) is 4.59. The summed E-state index contributed by atoms with van der Waals surface area (Å²) in [6, 6.07) is 19.8. The third kappa shape index (κ3) is 3.77. The Morgan fingerprint density at radius 1 is 1.07 bits per heavy atom. The molecule has 1 aromatic heterocycles. The van der Waals surface area contributed by atoms with Crippen LogP contribution in [0.3, 0.4) is 0 Å². The summed E-state index contributed by atoms with van der Waals surface area (Å²) < 4.78 is 20.8. The Bertz CT molecular complexity index is 1220. The maximum atomic E-state index is 13.7. The molecule has 6 heteroatoms. The van der Waals surface area contributed by atoms with E-state index in [9.17, 15) is 14.0 Å². The molecule has 1 heterocycles. The highest BCUT2D eigenvalue weighted by Crippen LogP contribution is 2.37. The number of hydrogen-bond donors (Lipinski definition) is 0. The van der Waals surface area contributed by atoms with E-state index < -0.39 is 11.8 Å². The minimum Gasteiger partial charge on any atom is -0.419 e. The number of aldehydes is 1. The van der Waals surface area contributed by atoms with Crippen molar-refractivity contribution < 1.29 is 18.7 Å². The van der Waals surface area contributed by atoms with Crippen LogP contribution in [-0.2, 0) is 16.1 Å². The predicted molar refractivity (Wildman–Crippen MR) is 110 cm³/mol. The smallest absolute Gasteiger partial charge is 0.376 e. The Morgan fingerprint density at radius 3 is 2.59 bits per heavy atom. The first kappa shape index (κ1) is 18.9. The highest BCUT2D eigenvalue weighted by atomic mass is 35.5. The summed E-state index contributed by atoms with van der Waals surface area (Å²) in [7, 11) is 0. The van der Waals surface area contributed by atoms with Crippen LogP contribution in [0.4, 0.5) is 4.39 Å². The number of carbonyl (C=O) groups is 2. The first-order valence-electron chi connectivity index (χ1n) is 8.85. The van der Waals surface area contributed by atoms with Crippen LogP contribution < -0.4 is 4.74 Å². The molecule has 0 saturated carbocycles. The molecule has 29 heavy (non-hydrogen) atoms. The van der Waals surface area contributed by atoms with E-state index in [0.29, 0.717) is 11.9 Å². The quantitative estimate of drug-likeness (QED) is 0.258. The first-order valence-corrected chi connectivity index (χ1v) is 9.23. The Labute approximate surface area is 171 Å². The van der Waals surface area contributed by atoms with Crippen molar-refractivity contribution in [3.63, 3.8) is 0 Å². The van der Waals surface area contributed by atoms with Gasteiger partial charge in [0.05, 0.1) is 10.5 Å². The van der Waals surface area contributed by atoms with Crippen LogP contribution in [-0.4, -0.2) is 16.8 Å². The van der Waals surface area contributed by atoms with E-state index in [-0.39, 0.29) is 17.1 Å². The Morgan fingerprint density at radius 2 is 1.86 bits per heavy atom. The zero-order valence-electron chi connectivity index (χ0n) is 15.1. The van der Waals surface area contributed by atoms with Gasteiger partial charge in [0, 0.05) is 23.7 Å². The van der Waals surface area contributed by atoms with Gasteiger partial charge in [0.15, 0.2) is 5.75 Å². The monoisotopic (exact) mass is 407 g/mol. The van der Waals surface area contributed by atoms with Gasteiger partial charge in [0.2, 0.25) is 6.29 Å². The molecule has 0 aliphatic heterocycles. The lowest BCUT2D eigenvalue weighted by Crippen LogP contribution is -2.08. The minimum atomic E-state index is -0.973. The number of aromatic nitrogens is 1. The van der Waals surface area contributed by atoms with Gasteiger partial charge in [-0.3, -0.25) is 4.79 Å². The molecule has 0 bridgehead atoms. The molecule has 0 saturated heterocycles. The van der Waals surface area contributed by atoms with Crippen molar-refractivity contribution in [3.05, 3.63) is 89.3 Å². The molecule has 0 spiro atoms. The molecule has 0 atom stereocenters. The molecular formula is C23H15ClFNO3. The SMILES string of the molecule is O=CC(=O)Oc1cn(Cc2ccccc2)c2c(-c3ccc(F)c(Cl)c3)cccc12. The standard InChI is InChI=1S/C23H15ClFNO3/c24-19-11-16(9-10-20(19)25)17-7-4-8-18-21(29-22(28)14-27)13-26(23(17)18)12-15-5-2-1-3-6-15/h1-11,13-14H,12H2. The molecule has 0 amide bonds. The lowest BCUT2D eigenvalue weighted by atomic mass is 10.0. The summed E-state index contributed by atoms with van der Waals surface area (Å²) in [6.45, 7) is 0.516. The largest absolute Gasteiger partial charge is 0.419 e. The van der Waals surface area contributed by atoms with Crippen LogP contribution in [0, 0.1) is 5.82 Å². The van der Waals surface area contributed by atoms with E-state index in [1.807, 2.05) is 41.0 Å². The second-order valence-corrected chi connectivity index (χ2v) is 6.88. The predicted octanol–water partition coefficient (Wildman–Crippen LogP) is 5.25. The van der Waals surface area contributed by atoms with Crippen LogP contribution in [0.15, 0.2) is 72.9 Å². The Kier molecular flexibility index (Phi) is 5.14. The molecular weight excluding hydrogens is 393 g/mol. The topological polar surface area (TPSA) is 48.3 Å². The third-order valence-corrected chi connectivity index (χ3v) is 4.88. The van der Waals surface area contributed by atoms with Gasteiger partial charge in [0.1, 0.15) is 5.82 Å². The molecule has 144 valence electrons. The van der Waals surface area contributed by atoms with E-state index in [0.717, 1.165) is 22.2 Å². The number of carbonyl (C=O) groups excluding carboxylic acids is 2. The summed E-state index contributed by atoms with van der Waals surface area (Å²) in [6.07, 6.45) is 1.82. The van der Waals surface area contributed by atoms with Crippen molar-refractivity contribution in [1.82, 2.24) is 4.57 Å². The first-order chi connectivity index (χ1) is 14.1. The van der Waals surface area contributed by atoms with Gasteiger partial charge >= 0.3 is 5.97 Å². The fourth-order valence-corrected chi connectivity index (χ4v) is 3.52. The van der Waals surface area contributed by atoms with Gasteiger partial charge in [0.25, 0.3) is 0 Å². The van der Waals surface area contributed by atoms with E-state index in [1.165, 1.54) is 6.07 Å². The maximum absolute atomic E-state index is 13.7. The summed E-state index contributed by atoms with van der Waals surface area (Å²) in [4.78, 5) is 22.3. The van der Waals surface area contributed by atoms with Gasteiger partial charge in [-0.15, -0.1) is 0 Å². The van der Waals surface area contributed by atoms with Gasteiger partial charge in [-0.05, 0) is 29.3 Å². The molecule has 0 N–H and O–H groups in total. The van der Waals surface area contributed by atoms with Crippen molar-refractivity contribution in [1.29, 1.82) is 0 Å². The molecule has 0 unspecified atom stereocenters. The summed E-state index contributed by atoms with van der Waals surface area (Å²) >= 11 is 5.99. The molecule has 4 rings (SSSR count). The molecule has 3 aromatic carbocycles. The second kappa shape index (κ2) is 7.89. The van der Waals surface area contributed by atoms with E-state index in [4.69, 9.17) is 16.3 Å². The Hall–Kier alpha value is -3.44. The van der Waals surface area contributed by atoms with Crippen molar-refractivity contribution in [2.24, 2.45) is 0 Å². The van der Waals surface area contributed by atoms with Crippen LogP contribution in [0.1, 0.15) is 5.56 Å². The minimum absolute atomic E-state index is 0.0216. The molecule has 0 aliphatic rings. The number of fused-ring (bicyclic) bond motifs is 1. The zero-order chi connectivity index (χ0) is 20.4. The van der Waals surface area contributed by atoms with Crippen molar-refractivity contribution >= 4 is 34.8 Å². The normalized spacial score (nSPS) is 10.8. The van der Waals surface area contributed by atoms with Crippen LogP contribution >= 0.6 is 11.6 Å². The fraction of sp³-hybridized carbons (Fsp3) is 0.0435. The van der Waals surface area contributed by atoms with Crippen molar-refractivity contribution in [2.45, 2.75) is 6.54 Å². The molecule has 4 nitrogen and oxygen atoms in total. The Balaban J connectivity index is 1.93. The second-order valence-electron chi connectivity index (χ2n) is 6.48. The maximum Gasteiger partial charge on any atom is 0.376 e. The molecule has 4 aromatic rings. The van der Waals surface area contributed by atoms with Crippen molar-refractivity contribution in [3.8, 4) is 16.9 Å². The van der Waals surface area contributed by atoms with E-state index >= 15 is 0 Å². The van der Waals surface area contributed by atoms with Gasteiger partial charge in [-0.25, -0.2) is 9.18 Å². The number of hydrogen-bond acceptors (Lipinski definition) is 3. The number of rotatable bonds is 5. The highest BCUT2D eigenvalue weighted by Gasteiger charge is 2.17. The lowest BCUT2D eigenvalue weighted by molar-refractivity contribution is -0.141. The zero-order valence-corrected chi connectivity index (χ0v) is 15.9. The van der Waals surface area contributed by atoms with E-state index in [2.05, 4.69) is 0 Å². The average Bonchev–Trinajstić information content (AvgIpc) is 3.08. The molecule has 0 radical (unpaired) electrons. The van der Waals surface area contributed by atoms with Crippen LogP contribution in [0.25, 0.3) is 22.0 Å². The number of para-hydroxylation sites is 1. The van der Waals surface area contributed by atoms with Gasteiger partial charge in [-0.2, -0.15) is 0 Å². The summed E-state index contributed by atoms with van der Waals surface area (Å²) in [5.41, 5.74) is 3.36. The number of ether oxygens (including phenoxy) is 1. The van der Waals surface area contributed by atoms with Gasteiger partial charge < -0.3 is 9.30 Å². The van der Waals surface area contributed by atoms with Gasteiger partial charge in [-0.1, -0.05) is 60.1 Å². The lowest BCUT2D eigenvalue weighted by Gasteiger charge is -2.11. The van der Waals surface area contributed by atoms with E-state index in [1.54, 1.807) is 30.5 Å². The number of halogens is 2. The van der Waals surface area contributed by atoms with Crippen LogP contribution in [0.5, 0.6) is 5.75 Å². The number of nitrogens with zero attached hydrogens (tertiary/aromatic N) is 1. The number of benzene rings is 3. The highest BCUT2D eigenvalue weighted by molar-refractivity contribution is 6.31. The summed E-state index contributed by atoms with van der Waals surface area (Å²) in [5.74, 6) is -1.19. The van der Waals surface area contributed by atoms with Crippen molar-refractivity contribution in [2.75, 3.05) is 0 Å².